The largest absolute Gasteiger partial charge is 0.366 e. The Kier molecular flexibility index (Phi) is 8.05. The van der Waals surface area contributed by atoms with E-state index in [1.54, 1.807) is 4.90 Å². The molecule has 3 aliphatic rings. The minimum Gasteiger partial charge on any atom is -0.366 e. The van der Waals surface area contributed by atoms with E-state index < -0.39 is 0 Å². The highest BCUT2D eigenvalue weighted by Crippen LogP contribution is 2.36. The maximum Gasteiger partial charge on any atom is 0.278 e. The molecule has 1 saturated heterocycles. The van der Waals surface area contributed by atoms with Crippen LogP contribution in [0.25, 0.3) is 5.57 Å². The summed E-state index contributed by atoms with van der Waals surface area (Å²) in [4.78, 5) is 31.6. The van der Waals surface area contributed by atoms with Gasteiger partial charge in [-0.25, -0.2) is 0 Å². The second kappa shape index (κ2) is 11.2. The lowest BCUT2D eigenvalue weighted by Gasteiger charge is -2.31. The van der Waals surface area contributed by atoms with E-state index in [1.165, 1.54) is 56.9 Å². The fourth-order valence-corrected chi connectivity index (χ4v) is 5.66. The van der Waals surface area contributed by atoms with Crippen molar-refractivity contribution < 1.29 is 9.59 Å². The van der Waals surface area contributed by atoms with Crippen LogP contribution in [0.4, 0.5) is 0 Å². The van der Waals surface area contributed by atoms with E-state index in [0.717, 1.165) is 57.2 Å². The van der Waals surface area contributed by atoms with Crippen molar-refractivity contribution in [2.24, 2.45) is 0 Å². The van der Waals surface area contributed by atoms with Gasteiger partial charge in [0.1, 0.15) is 5.70 Å². The number of carbonyl (C=O) groups is 2. The van der Waals surface area contributed by atoms with E-state index in [0.29, 0.717) is 11.3 Å². The summed E-state index contributed by atoms with van der Waals surface area (Å²) in [6.07, 6.45) is 16.5. The van der Waals surface area contributed by atoms with Crippen LogP contribution < -0.4 is 0 Å². The highest BCUT2D eigenvalue weighted by Gasteiger charge is 2.44. The normalized spacial score (nSPS) is 22.8. The van der Waals surface area contributed by atoms with E-state index in [-0.39, 0.29) is 17.9 Å². The summed E-state index contributed by atoms with van der Waals surface area (Å²) >= 11 is 0. The highest BCUT2D eigenvalue weighted by atomic mass is 16.2. The first kappa shape index (κ1) is 23.1. The van der Waals surface area contributed by atoms with Gasteiger partial charge in [-0.2, -0.15) is 0 Å². The number of rotatable bonds is 3. The van der Waals surface area contributed by atoms with Crippen LogP contribution in [0.3, 0.4) is 0 Å². The van der Waals surface area contributed by atoms with Gasteiger partial charge in [-0.05, 0) is 44.6 Å². The van der Waals surface area contributed by atoms with Crippen molar-refractivity contribution in [2.75, 3.05) is 13.1 Å². The molecule has 0 bridgehead atoms. The molecule has 2 amide bonds. The van der Waals surface area contributed by atoms with E-state index in [9.17, 15) is 9.59 Å². The standard InChI is InChI=1S/C28H40N2O2/c1-22-16-18-23(19-17-22)25-26(29-20-12-9-13-21-29)28(32)30(27(25)31)24-14-10-7-5-3-2-4-6-8-11-15-24/h16-19,24H,2-15,20-21H2,1H3. The van der Waals surface area contributed by atoms with E-state index in [1.807, 2.05) is 24.3 Å². The average molecular weight is 437 g/mol. The topological polar surface area (TPSA) is 40.6 Å². The summed E-state index contributed by atoms with van der Waals surface area (Å²) in [5.74, 6) is -0.0962. The number of piperidine rings is 1. The number of hydrogen-bond acceptors (Lipinski definition) is 3. The van der Waals surface area contributed by atoms with Crippen LogP contribution in [0.2, 0.25) is 0 Å². The monoisotopic (exact) mass is 436 g/mol. The lowest BCUT2D eigenvalue weighted by molar-refractivity contribution is -0.140. The summed E-state index contributed by atoms with van der Waals surface area (Å²) in [6.45, 7) is 3.81. The molecular formula is C28H40N2O2. The van der Waals surface area contributed by atoms with Crippen LogP contribution in [0.15, 0.2) is 30.0 Å². The summed E-state index contributed by atoms with van der Waals surface area (Å²) in [5.41, 5.74) is 3.37. The van der Waals surface area contributed by atoms with Gasteiger partial charge in [0.2, 0.25) is 0 Å². The first-order valence-corrected chi connectivity index (χ1v) is 13.1. The molecule has 2 fully saturated rings. The second-order valence-electron chi connectivity index (χ2n) is 10.0. The molecule has 0 N–H and O–H groups in total. The lowest BCUT2D eigenvalue weighted by Crippen LogP contribution is -2.43. The smallest absolute Gasteiger partial charge is 0.278 e. The molecule has 4 nitrogen and oxygen atoms in total. The van der Waals surface area contributed by atoms with Gasteiger partial charge in [0.15, 0.2) is 0 Å². The molecule has 1 saturated carbocycles. The zero-order valence-electron chi connectivity index (χ0n) is 19.9. The molecule has 0 unspecified atom stereocenters. The lowest BCUT2D eigenvalue weighted by atomic mass is 9.96. The van der Waals surface area contributed by atoms with E-state index in [2.05, 4.69) is 11.8 Å². The molecule has 1 aromatic rings. The summed E-state index contributed by atoms with van der Waals surface area (Å²) in [7, 11) is 0. The first-order valence-electron chi connectivity index (χ1n) is 13.1. The number of carbonyl (C=O) groups excluding carboxylic acids is 2. The molecule has 32 heavy (non-hydrogen) atoms. The highest BCUT2D eigenvalue weighted by molar-refractivity contribution is 6.35. The SMILES string of the molecule is Cc1ccc(C2=C(N3CCCCC3)C(=O)N(C3CCCCCCCCCCC3)C2=O)cc1. The van der Waals surface area contributed by atoms with Crippen molar-refractivity contribution in [1.29, 1.82) is 0 Å². The Hall–Kier alpha value is -2.10. The predicted octanol–water partition coefficient (Wildman–Crippen LogP) is 6.23. The van der Waals surface area contributed by atoms with E-state index >= 15 is 0 Å². The Balaban J connectivity index is 1.62. The average Bonchev–Trinajstić information content (AvgIpc) is 3.05. The number of aryl methyl sites for hydroxylation is 1. The molecule has 0 aromatic heterocycles. The van der Waals surface area contributed by atoms with Gasteiger partial charge in [-0.3, -0.25) is 14.5 Å². The fraction of sp³-hybridized carbons (Fsp3) is 0.643. The van der Waals surface area contributed by atoms with Crippen molar-refractivity contribution in [2.45, 2.75) is 103 Å². The second-order valence-corrected chi connectivity index (χ2v) is 10.0. The third kappa shape index (κ3) is 5.27. The van der Waals surface area contributed by atoms with Gasteiger partial charge < -0.3 is 4.90 Å². The van der Waals surface area contributed by atoms with Crippen LogP contribution >= 0.6 is 0 Å². The van der Waals surface area contributed by atoms with Crippen LogP contribution in [-0.4, -0.2) is 40.7 Å². The fourth-order valence-electron chi connectivity index (χ4n) is 5.66. The molecule has 0 radical (unpaired) electrons. The van der Waals surface area contributed by atoms with Gasteiger partial charge in [0.25, 0.3) is 11.8 Å². The summed E-state index contributed by atoms with van der Waals surface area (Å²) in [5, 5.41) is 0. The van der Waals surface area contributed by atoms with Crippen molar-refractivity contribution in [1.82, 2.24) is 9.80 Å². The van der Waals surface area contributed by atoms with E-state index in [4.69, 9.17) is 0 Å². The Morgan fingerprint density at radius 3 is 1.72 bits per heavy atom. The maximum absolute atomic E-state index is 13.8. The molecular weight excluding hydrogens is 396 g/mol. The molecule has 4 rings (SSSR count). The molecule has 1 aromatic carbocycles. The van der Waals surface area contributed by atoms with Gasteiger partial charge in [0.05, 0.1) is 5.57 Å². The molecule has 174 valence electrons. The van der Waals surface area contributed by atoms with Gasteiger partial charge in [-0.1, -0.05) is 87.6 Å². The summed E-state index contributed by atoms with van der Waals surface area (Å²) < 4.78 is 0. The number of nitrogens with zero attached hydrogens (tertiary/aromatic N) is 2. The summed E-state index contributed by atoms with van der Waals surface area (Å²) in [6, 6.07) is 8.17. The van der Waals surface area contributed by atoms with Crippen LogP contribution in [0.5, 0.6) is 0 Å². The zero-order valence-corrected chi connectivity index (χ0v) is 19.9. The van der Waals surface area contributed by atoms with Crippen molar-refractivity contribution in [3.8, 4) is 0 Å². The van der Waals surface area contributed by atoms with Crippen molar-refractivity contribution in [3.63, 3.8) is 0 Å². The number of imide groups is 1. The van der Waals surface area contributed by atoms with Crippen molar-refractivity contribution >= 4 is 17.4 Å². The third-order valence-corrected chi connectivity index (χ3v) is 7.54. The van der Waals surface area contributed by atoms with Gasteiger partial charge >= 0.3 is 0 Å². The molecule has 2 aliphatic heterocycles. The quantitative estimate of drug-likeness (QED) is 0.527. The van der Waals surface area contributed by atoms with Crippen LogP contribution in [-0.2, 0) is 9.59 Å². The zero-order chi connectivity index (χ0) is 22.3. The maximum atomic E-state index is 13.8. The molecule has 0 spiro atoms. The Morgan fingerprint density at radius 2 is 1.16 bits per heavy atom. The molecule has 1 aliphatic carbocycles. The van der Waals surface area contributed by atoms with Crippen molar-refractivity contribution in [3.05, 3.63) is 41.1 Å². The number of hydrogen-bond donors (Lipinski definition) is 0. The van der Waals surface area contributed by atoms with Gasteiger partial charge in [0, 0.05) is 19.1 Å². The number of benzene rings is 1. The third-order valence-electron chi connectivity index (χ3n) is 7.54. The Labute approximate surface area is 194 Å². The van der Waals surface area contributed by atoms with Crippen LogP contribution in [0, 0.1) is 6.92 Å². The Bertz CT molecular complexity index is 808. The first-order chi connectivity index (χ1) is 15.7. The predicted molar refractivity (Wildman–Crippen MR) is 130 cm³/mol. The molecule has 2 heterocycles. The van der Waals surface area contributed by atoms with Crippen LogP contribution in [0.1, 0.15) is 101 Å². The molecule has 4 heteroatoms. The number of amides is 2. The molecule has 0 atom stereocenters. The minimum absolute atomic E-state index is 0.0374. The minimum atomic E-state index is -0.0588. The Morgan fingerprint density at radius 1 is 0.656 bits per heavy atom. The van der Waals surface area contributed by atoms with Gasteiger partial charge in [-0.15, -0.1) is 0 Å². The number of likely N-dealkylation sites (tertiary alicyclic amines) is 1.